The van der Waals surface area contributed by atoms with Crippen molar-refractivity contribution in [2.75, 3.05) is 4.90 Å². The molecule has 4 rings (SSSR count). The van der Waals surface area contributed by atoms with E-state index in [9.17, 15) is 14.7 Å². The van der Waals surface area contributed by atoms with Gasteiger partial charge in [-0.2, -0.15) is 0 Å². The molecule has 1 amide bonds. The third-order valence-corrected chi connectivity index (χ3v) is 5.08. The highest BCUT2D eigenvalue weighted by Crippen LogP contribution is 2.42. The van der Waals surface area contributed by atoms with E-state index in [1.54, 1.807) is 60.7 Å². The minimum atomic E-state index is -0.931. The maximum atomic E-state index is 13.0. The Bertz CT molecular complexity index is 1150. The summed E-state index contributed by atoms with van der Waals surface area (Å²) in [6, 6.07) is 15.7. The topological polar surface area (TPSA) is 80.0 Å². The number of halogens is 1. The quantitative estimate of drug-likeness (QED) is 0.331. The highest BCUT2D eigenvalue weighted by atomic mass is 35.5. The van der Waals surface area contributed by atoms with Gasteiger partial charge in [-0.3, -0.25) is 14.5 Å². The summed E-state index contributed by atoms with van der Waals surface area (Å²) in [5.41, 5.74) is 0.755. The summed E-state index contributed by atoms with van der Waals surface area (Å²) in [6.07, 6.45) is 1.45. The molecule has 2 heterocycles. The van der Waals surface area contributed by atoms with Crippen molar-refractivity contribution in [1.82, 2.24) is 0 Å². The number of nitrogens with zero attached hydrogens (tertiary/aromatic N) is 1. The summed E-state index contributed by atoms with van der Waals surface area (Å²) in [7, 11) is 0. The molecule has 0 aliphatic carbocycles. The van der Waals surface area contributed by atoms with Crippen molar-refractivity contribution < 1.29 is 23.8 Å². The average molecular weight is 438 g/mol. The third-order valence-electron chi connectivity index (χ3n) is 4.84. The molecule has 0 saturated carbocycles. The van der Waals surface area contributed by atoms with Gasteiger partial charge in [0, 0.05) is 16.3 Å². The van der Waals surface area contributed by atoms with Crippen LogP contribution < -0.4 is 9.64 Å². The number of rotatable bonds is 5. The molecule has 0 radical (unpaired) electrons. The van der Waals surface area contributed by atoms with Gasteiger partial charge in [-0.25, -0.2) is 0 Å². The molecule has 1 atom stereocenters. The zero-order chi connectivity index (χ0) is 22.1. The molecule has 31 heavy (non-hydrogen) atoms. The Morgan fingerprint density at radius 3 is 2.45 bits per heavy atom. The van der Waals surface area contributed by atoms with Gasteiger partial charge in [0.2, 0.25) is 0 Å². The van der Waals surface area contributed by atoms with Gasteiger partial charge in [-0.15, -0.1) is 0 Å². The van der Waals surface area contributed by atoms with Crippen LogP contribution in [0.2, 0.25) is 5.02 Å². The van der Waals surface area contributed by atoms with Crippen LogP contribution in [0.1, 0.15) is 31.2 Å². The number of carbonyl (C=O) groups is 2. The summed E-state index contributed by atoms with van der Waals surface area (Å²) in [6.45, 7) is 3.82. The first-order valence-corrected chi connectivity index (χ1v) is 10.1. The van der Waals surface area contributed by atoms with Gasteiger partial charge in [0.1, 0.15) is 23.3 Å². The Morgan fingerprint density at radius 2 is 1.84 bits per heavy atom. The lowest BCUT2D eigenvalue weighted by atomic mass is 9.99. The monoisotopic (exact) mass is 437 g/mol. The molecule has 7 heteroatoms. The number of furan rings is 1. The normalized spacial score (nSPS) is 18.1. The van der Waals surface area contributed by atoms with Gasteiger partial charge in [-0.05, 0) is 68.4 Å². The van der Waals surface area contributed by atoms with Crippen molar-refractivity contribution in [3.63, 3.8) is 0 Å². The fourth-order valence-electron chi connectivity index (χ4n) is 3.56. The lowest BCUT2D eigenvalue weighted by Crippen LogP contribution is -2.29. The summed E-state index contributed by atoms with van der Waals surface area (Å²) in [4.78, 5) is 27.3. The standard InChI is InChI=1S/C24H20ClNO5/c1-14(2)31-18-10-8-15(9-11-18)22(27)20-21(19-7-4-12-30-19)26(24(29)23(20)28)17-6-3-5-16(25)13-17/h3-14,21,27H,1-2H3/b22-20-. The predicted molar refractivity (Wildman–Crippen MR) is 117 cm³/mol. The van der Waals surface area contributed by atoms with Gasteiger partial charge in [0.05, 0.1) is 17.9 Å². The minimum Gasteiger partial charge on any atom is -0.507 e. The van der Waals surface area contributed by atoms with Crippen LogP contribution in [0.5, 0.6) is 5.75 Å². The molecule has 1 aliphatic heterocycles. The number of ketones is 1. The molecule has 6 nitrogen and oxygen atoms in total. The van der Waals surface area contributed by atoms with E-state index in [1.165, 1.54) is 11.2 Å². The first-order chi connectivity index (χ1) is 14.9. The van der Waals surface area contributed by atoms with Crippen molar-refractivity contribution in [3.05, 3.63) is 88.8 Å². The van der Waals surface area contributed by atoms with Crippen molar-refractivity contribution in [3.8, 4) is 5.75 Å². The Labute approximate surface area is 184 Å². The van der Waals surface area contributed by atoms with E-state index < -0.39 is 17.7 Å². The zero-order valence-corrected chi connectivity index (χ0v) is 17.7. The SMILES string of the molecule is CC(C)Oc1ccc(/C(O)=C2/C(=O)C(=O)N(c3cccc(Cl)c3)C2c2ccco2)cc1. The van der Waals surface area contributed by atoms with Gasteiger partial charge < -0.3 is 14.3 Å². The lowest BCUT2D eigenvalue weighted by Gasteiger charge is -2.23. The van der Waals surface area contributed by atoms with Crippen molar-refractivity contribution in [1.29, 1.82) is 0 Å². The van der Waals surface area contributed by atoms with Crippen LogP contribution in [-0.4, -0.2) is 22.9 Å². The largest absolute Gasteiger partial charge is 0.507 e. The number of aliphatic hydroxyl groups is 1. The van der Waals surface area contributed by atoms with Crippen LogP contribution in [0.4, 0.5) is 5.69 Å². The van der Waals surface area contributed by atoms with Crippen molar-refractivity contribution in [2.45, 2.75) is 26.0 Å². The van der Waals surface area contributed by atoms with Crippen LogP contribution in [0, 0.1) is 0 Å². The Morgan fingerprint density at radius 1 is 1.10 bits per heavy atom. The van der Waals surface area contributed by atoms with E-state index in [4.69, 9.17) is 20.8 Å². The molecular weight excluding hydrogens is 418 g/mol. The summed E-state index contributed by atoms with van der Waals surface area (Å²) < 4.78 is 11.2. The molecule has 1 aromatic heterocycles. The molecule has 1 aliphatic rings. The minimum absolute atomic E-state index is 0.00132. The van der Waals surface area contributed by atoms with Gasteiger partial charge in [0.15, 0.2) is 0 Å². The average Bonchev–Trinajstić information content (AvgIpc) is 3.35. The number of anilines is 1. The van der Waals surface area contributed by atoms with Crippen molar-refractivity contribution in [2.24, 2.45) is 0 Å². The maximum absolute atomic E-state index is 13.0. The fraction of sp³-hybridized carbons (Fsp3) is 0.167. The second-order valence-corrected chi connectivity index (χ2v) is 7.79. The van der Waals surface area contributed by atoms with Crippen LogP contribution in [-0.2, 0) is 9.59 Å². The van der Waals surface area contributed by atoms with Gasteiger partial charge >= 0.3 is 0 Å². The number of benzene rings is 2. The Kier molecular flexibility index (Phi) is 5.57. The van der Waals surface area contributed by atoms with Crippen LogP contribution in [0.15, 0.2) is 76.9 Å². The number of hydrogen-bond donors (Lipinski definition) is 1. The second kappa shape index (κ2) is 8.32. The van der Waals surface area contributed by atoms with Crippen molar-refractivity contribution >= 4 is 34.7 Å². The molecule has 0 bridgehead atoms. The molecule has 0 spiro atoms. The first-order valence-electron chi connectivity index (χ1n) is 9.74. The summed E-state index contributed by atoms with van der Waals surface area (Å²) >= 11 is 6.11. The molecule has 1 fully saturated rings. The molecule has 158 valence electrons. The van der Waals surface area contributed by atoms with Crippen LogP contribution in [0.3, 0.4) is 0 Å². The Hall–Kier alpha value is -3.51. The first kappa shape index (κ1) is 20.8. The molecule has 1 N–H and O–H groups in total. The Balaban J connectivity index is 1.83. The number of carbonyl (C=O) groups excluding carboxylic acids is 2. The summed E-state index contributed by atoms with van der Waals surface area (Å²) in [5, 5.41) is 11.5. The van der Waals surface area contributed by atoms with E-state index in [1.807, 2.05) is 13.8 Å². The van der Waals surface area contributed by atoms with E-state index >= 15 is 0 Å². The van der Waals surface area contributed by atoms with E-state index in [-0.39, 0.29) is 17.4 Å². The third kappa shape index (κ3) is 3.94. The van der Waals surface area contributed by atoms with Gasteiger partial charge in [-0.1, -0.05) is 17.7 Å². The van der Waals surface area contributed by atoms with Crippen LogP contribution >= 0.6 is 11.6 Å². The second-order valence-electron chi connectivity index (χ2n) is 7.36. The van der Waals surface area contributed by atoms with E-state index in [2.05, 4.69) is 0 Å². The number of ether oxygens (including phenoxy) is 1. The smallest absolute Gasteiger partial charge is 0.300 e. The molecule has 1 unspecified atom stereocenters. The number of Topliss-reactive ketones (excluding diaryl/α,β-unsaturated/α-hetero) is 1. The maximum Gasteiger partial charge on any atom is 0.300 e. The number of amides is 1. The molecular formula is C24H20ClNO5. The number of aliphatic hydroxyl groups excluding tert-OH is 1. The molecule has 2 aromatic carbocycles. The zero-order valence-electron chi connectivity index (χ0n) is 16.9. The fourth-order valence-corrected chi connectivity index (χ4v) is 3.74. The van der Waals surface area contributed by atoms with Gasteiger partial charge in [0.25, 0.3) is 11.7 Å². The van der Waals surface area contributed by atoms with E-state index in [0.29, 0.717) is 27.8 Å². The molecule has 3 aromatic rings. The van der Waals surface area contributed by atoms with E-state index in [0.717, 1.165) is 0 Å². The highest BCUT2D eigenvalue weighted by molar-refractivity contribution is 6.51. The number of hydrogen-bond acceptors (Lipinski definition) is 5. The summed E-state index contributed by atoms with van der Waals surface area (Å²) in [5.74, 6) is -0.888. The highest BCUT2D eigenvalue weighted by Gasteiger charge is 2.48. The predicted octanol–water partition coefficient (Wildman–Crippen LogP) is 5.35. The lowest BCUT2D eigenvalue weighted by molar-refractivity contribution is -0.132. The molecule has 1 saturated heterocycles. The van der Waals surface area contributed by atoms with Crippen LogP contribution in [0.25, 0.3) is 5.76 Å².